The van der Waals surface area contributed by atoms with Gasteiger partial charge in [0.1, 0.15) is 18.1 Å². The highest BCUT2D eigenvalue weighted by atomic mass is 16.5. The van der Waals surface area contributed by atoms with Crippen molar-refractivity contribution in [2.45, 2.75) is 26.7 Å². The van der Waals surface area contributed by atoms with Gasteiger partial charge in [-0.2, -0.15) is 0 Å². The van der Waals surface area contributed by atoms with Crippen molar-refractivity contribution < 1.29 is 14.3 Å². The van der Waals surface area contributed by atoms with Crippen LogP contribution in [0.1, 0.15) is 25.8 Å². The largest absolute Gasteiger partial charge is 0.494 e. The van der Waals surface area contributed by atoms with E-state index in [9.17, 15) is 4.79 Å². The molecule has 3 heteroatoms. The highest BCUT2D eigenvalue weighted by Gasteiger charge is 2.07. The first-order chi connectivity index (χ1) is 8.71. The van der Waals surface area contributed by atoms with Gasteiger partial charge >= 0.3 is 0 Å². The van der Waals surface area contributed by atoms with Crippen LogP contribution in [0.2, 0.25) is 0 Å². The number of ketones is 1. The molecular weight excluding hydrogens is 228 g/mol. The van der Waals surface area contributed by atoms with Gasteiger partial charge in [-0.25, -0.2) is 0 Å². The van der Waals surface area contributed by atoms with E-state index < -0.39 is 0 Å². The van der Waals surface area contributed by atoms with Crippen LogP contribution in [0, 0.1) is 0 Å². The Hall–Kier alpha value is -1.77. The maximum absolute atomic E-state index is 11.3. The zero-order chi connectivity index (χ0) is 13.4. The summed E-state index contributed by atoms with van der Waals surface area (Å²) in [7, 11) is 0. The topological polar surface area (TPSA) is 35.5 Å². The number of benzene rings is 1. The number of carbonyl (C=O) groups is 1. The molecule has 0 radical (unpaired) electrons. The second kappa shape index (κ2) is 7.54. The summed E-state index contributed by atoms with van der Waals surface area (Å²) >= 11 is 0. The minimum absolute atomic E-state index is 0.0911. The van der Waals surface area contributed by atoms with Crippen molar-refractivity contribution in [3.8, 4) is 11.5 Å². The van der Waals surface area contributed by atoms with Crippen molar-refractivity contribution in [1.29, 1.82) is 0 Å². The molecule has 0 spiro atoms. The Morgan fingerprint density at radius 3 is 2.72 bits per heavy atom. The van der Waals surface area contributed by atoms with Gasteiger partial charge in [0.25, 0.3) is 0 Å². The molecule has 0 fully saturated rings. The molecule has 0 saturated heterocycles. The first kappa shape index (κ1) is 14.3. The molecule has 0 aliphatic heterocycles. The van der Waals surface area contributed by atoms with Gasteiger partial charge in [0, 0.05) is 12.0 Å². The molecule has 0 amide bonds. The van der Waals surface area contributed by atoms with Gasteiger partial charge in [-0.1, -0.05) is 13.0 Å². The van der Waals surface area contributed by atoms with E-state index in [1.165, 1.54) is 0 Å². The fourth-order valence-electron chi connectivity index (χ4n) is 1.53. The molecule has 1 aromatic carbocycles. The Balaban J connectivity index is 2.81. The van der Waals surface area contributed by atoms with Crippen LogP contribution in [0.3, 0.4) is 0 Å². The lowest BCUT2D eigenvalue weighted by molar-refractivity contribution is -0.120. The Kier molecular flexibility index (Phi) is 5.98. The third kappa shape index (κ3) is 4.24. The molecule has 0 bridgehead atoms. The first-order valence-electron chi connectivity index (χ1n) is 6.22. The quantitative estimate of drug-likeness (QED) is 0.663. The monoisotopic (exact) mass is 248 g/mol. The smallest absolute Gasteiger partial charge is 0.169 e. The average Bonchev–Trinajstić information content (AvgIpc) is 2.38. The Morgan fingerprint density at radius 1 is 1.33 bits per heavy atom. The first-order valence-corrected chi connectivity index (χ1v) is 6.22. The summed E-state index contributed by atoms with van der Waals surface area (Å²) in [5, 5.41) is 0. The molecule has 18 heavy (non-hydrogen) atoms. The lowest BCUT2D eigenvalue weighted by atomic mass is 10.1. The van der Waals surface area contributed by atoms with Crippen LogP contribution >= 0.6 is 0 Å². The summed E-state index contributed by atoms with van der Waals surface area (Å²) in [6.45, 7) is 8.24. The number of hydrogen-bond acceptors (Lipinski definition) is 3. The van der Waals surface area contributed by atoms with Gasteiger partial charge < -0.3 is 9.47 Å². The molecule has 0 N–H and O–H groups in total. The molecule has 0 aliphatic rings. The second-order valence-electron chi connectivity index (χ2n) is 3.88. The minimum atomic E-state index is 0.0911. The Bertz CT molecular complexity index is 410. The summed E-state index contributed by atoms with van der Waals surface area (Å²) < 4.78 is 11.0. The zero-order valence-electron chi connectivity index (χ0n) is 11.1. The lowest BCUT2D eigenvalue weighted by Crippen LogP contribution is -2.10. The molecule has 0 unspecified atom stereocenters. The average molecular weight is 248 g/mol. The number of Topliss-reactive ketones (excluding diaryl/α,β-unsaturated/α-hetero) is 1. The SMILES string of the molecule is C=CCc1cc(OCC)ccc1OCC(=O)CC. The number of rotatable bonds is 8. The Morgan fingerprint density at radius 2 is 2.11 bits per heavy atom. The maximum Gasteiger partial charge on any atom is 0.169 e. The molecule has 0 atom stereocenters. The lowest BCUT2D eigenvalue weighted by Gasteiger charge is -2.12. The number of ether oxygens (including phenoxy) is 2. The van der Waals surface area contributed by atoms with Gasteiger partial charge in [0.05, 0.1) is 6.61 Å². The highest BCUT2D eigenvalue weighted by molar-refractivity contribution is 5.79. The predicted molar refractivity (Wildman–Crippen MR) is 72.3 cm³/mol. The van der Waals surface area contributed by atoms with E-state index in [4.69, 9.17) is 9.47 Å². The van der Waals surface area contributed by atoms with Crippen molar-refractivity contribution >= 4 is 5.78 Å². The predicted octanol–water partition coefficient (Wildman–Crippen LogP) is 3.17. The zero-order valence-corrected chi connectivity index (χ0v) is 11.1. The molecule has 3 nitrogen and oxygen atoms in total. The van der Waals surface area contributed by atoms with Crippen LogP contribution in [0.25, 0.3) is 0 Å². The van der Waals surface area contributed by atoms with Gasteiger partial charge in [0.2, 0.25) is 0 Å². The molecule has 0 heterocycles. The van der Waals surface area contributed by atoms with E-state index in [1.54, 1.807) is 6.08 Å². The summed E-state index contributed by atoms with van der Waals surface area (Å²) in [4.78, 5) is 11.3. The van der Waals surface area contributed by atoms with E-state index in [2.05, 4.69) is 6.58 Å². The molecule has 1 rings (SSSR count). The number of allylic oxidation sites excluding steroid dienone is 1. The van der Waals surface area contributed by atoms with Gasteiger partial charge in [0.15, 0.2) is 5.78 Å². The van der Waals surface area contributed by atoms with Crippen molar-refractivity contribution in [3.63, 3.8) is 0 Å². The standard InChI is InChI=1S/C15H20O3/c1-4-7-12-10-14(17-6-3)8-9-15(12)18-11-13(16)5-2/h4,8-10H,1,5-7,11H2,2-3H3. The maximum atomic E-state index is 11.3. The van der Waals surface area contributed by atoms with Crippen LogP contribution in [-0.2, 0) is 11.2 Å². The van der Waals surface area contributed by atoms with E-state index in [-0.39, 0.29) is 12.4 Å². The normalized spacial score (nSPS) is 9.89. The third-order valence-corrected chi connectivity index (χ3v) is 2.49. The van der Waals surface area contributed by atoms with Crippen molar-refractivity contribution in [1.82, 2.24) is 0 Å². The summed E-state index contributed by atoms with van der Waals surface area (Å²) in [5.41, 5.74) is 0.986. The van der Waals surface area contributed by atoms with Crippen molar-refractivity contribution in [3.05, 3.63) is 36.4 Å². The van der Waals surface area contributed by atoms with Crippen molar-refractivity contribution in [2.24, 2.45) is 0 Å². The van der Waals surface area contributed by atoms with E-state index in [1.807, 2.05) is 32.0 Å². The van der Waals surface area contributed by atoms with E-state index >= 15 is 0 Å². The number of hydrogen-bond donors (Lipinski definition) is 0. The summed E-state index contributed by atoms with van der Waals surface area (Å²) in [6.07, 6.45) is 2.99. The number of carbonyl (C=O) groups excluding carboxylic acids is 1. The second-order valence-corrected chi connectivity index (χ2v) is 3.88. The van der Waals surface area contributed by atoms with Crippen LogP contribution in [-0.4, -0.2) is 19.0 Å². The van der Waals surface area contributed by atoms with Crippen LogP contribution in [0.4, 0.5) is 0 Å². The van der Waals surface area contributed by atoms with Gasteiger partial charge in [-0.15, -0.1) is 6.58 Å². The van der Waals surface area contributed by atoms with Crippen LogP contribution in [0.15, 0.2) is 30.9 Å². The highest BCUT2D eigenvalue weighted by Crippen LogP contribution is 2.25. The van der Waals surface area contributed by atoms with E-state index in [0.29, 0.717) is 19.4 Å². The molecular formula is C15H20O3. The molecule has 0 aliphatic carbocycles. The fraction of sp³-hybridized carbons (Fsp3) is 0.400. The van der Waals surface area contributed by atoms with Gasteiger partial charge in [-0.3, -0.25) is 4.79 Å². The third-order valence-electron chi connectivity index (χ3n) is 2.49. The minimum Gasteiger partial charge on any atom is -0.494 e. The van der Waals surface area contributed by atoms with Gasteiger partial charge in [-0.05, 0) is 31.5 Å². The van der Waals surface area contributed by atoms with Crippen LogP contribution in [0.5, 0.6) is 11.5 Å². The van der Waals surface area contributed by atoms with Crippen molar-refractivity contribution in [2.75, 3.05) is 13.2 Å². The fourth-order valence-corrected chi connectivity index (χ4v) is 1.53. The Labute approximate surface area is 108 Å². The molecule has 0 saturated carbocycles. The molecule has 1 aromatic rings. The molecule has 0 aromatic heterocycles. The molecule has 98 valence electrons. The van der Waals surface area contributed by atoms with Crippen LogP contribution < -0.4 is 9.47 Å². The summed E-state index contributed by atoms with van der Waals surface area (Å²) in [6, 6.07) is 5.62. The van der Waals surface area contributed by atoms with E-state index in [0.717, 1.165) is 17.1 Å². The summed E-state index contributed by atoms with van der Waals surface area (Å²) in [5.74, 6) is 1.62.